The minimum atomic E-state index is -0.913. The lowest BCUT2D eigenvalue weighted by Crippen LogP contribution is -2.02. The maximum atomic E-state index is 10.9. The molecule has 0 unspecified atom stereocenters. The van der Waals surface area contributed by atoms with Gasteiger partial charge >= 0.3 is 5.97 Å². The first-order chi connectivity index (χ1) is 7.74. The molecule has 0 fully saturated rings. The zero-order chi connectivity index (χ0) is 11.8. The Labute approximate surface area is 95.4 Å². The van der Waals surface area contributed by atoms with E-state index in [1.807, 2.05) is 25.1 Å². The van der Waals surface area contributed by atoms with Crippen molar-refractivity contribution in [2.24, 2.45) is 0 Å². The lowest BCUT2D eigenvalue weighted by Gasteiger charge is -2.03. The van der Waals surface area contributed by atoms with Crippen LogP contribution in [0.15, 0.2) is 42.2 Å². The highest BCUT2D eigenvalue weighted by Crippen LogP contribution is 2.12. The molecule has 0 bridgehead atoms. The van der Waals surface area contributed by atoms with Gasteiger partial charge in [-0.2, -0.15) is 0 Å². The Kier molecular flexibility index (Phi) is 5.12. The van der Waals surface area contributed by atoms with Crippen LogP contribution in [0.3, 0.4) is 0 Å². The van der Waals surface area contributed by atoms with Crippen LogP contribution in [0.2, 0.25) is 0 Å². The van der Waals surface area contributed by atoms with Crippen molar-refractivity contribution in [2.75, 3.05) is 0 Å². The third-order valence-electron chi connectivity index (χ3n) is 2.15. The van der Waals surface area contributed by atoms with Crippen LogP contribution in [0.25, 0.3) is 0 Å². The molecule has 0 amide bonds. The third kappa shape index (κ3) is 4.17. The summed E-state index contributed by atoms with van der Waals surface area (Å²) >= 11 is 0. The fourth-order valence-corrected chi connectivity index (χ4v) is 1.22. The first-order valence-electron chi connectivity index (χ1n) is 5.38. The van der Waals surface area contributed by atoms with E-state index in [-0.39, 0.29) is 0 Å². The lowest BCUT2D eigenvalue weighted by molar-refractivity contribution is -0.132. The molecule has 0 aromatic heterocycles. The Hall–Kier alpha value is -1.77. The summed E-state index contributed by atoms with van der Waals surface area (Å²) in [5, 5.41) is 8.93. The predicted octanol–water partition coefficient (Wildman–Crippen LogP) is 3.22. The van der Waals surface area contributed by atoms with Gasteiger partial charge in [0, 0.05) is 0 Å². The van der Waals surface area contributed by atoms with E-state index in [0.29, 0.717) is 17.7 Å². The highest BCUT2D eigenvalue weighted by Gasteiger charge is 2.06. The summed E-state index contributed by atoms with van der Waals surface area (Å²) in [6.45, 7) is 2.03. The molecule has 0 radical (unpaired) electrons. The molecule has 16 heavy (non-hydrogen) atoms. The smallest absolute Gasteiger partial charge is 0.334 e. The number of carboxylic acid groups (broad SMARTS) is 1. The lowest BCUT2D eigenvalue weighted by atomic mass is 10.1. The minimum Gasteiger partial charge on any atom is -0.478 e. The minimum absolute atomic E-state index is 0.311. The number of carbonyl (C=O) groups is 1. The van der Waals surface area contributed by atoms with Gasteiger partial charge in [-0.05, 0) is 25.0 Å². The van der Waals surface area contributed by atoms with E-state index < -0.39 is 5.97 Å². The maximum Gasteiger partial charge on any atom is 0.334 e. The van der Waals surface area contributed by atoms with Crippen LogP contribution in [0.5, 0.6) is 5.75 Å². The maximum absolute atomic E-state index is 10.9. The normalized spacial score (nSPS) is 11.2. The van der Waals surface area contributed by atoms with Crippen molar-refractivity contribution >= 4 is 5.97 Å². The topological polar surface area (TPSA) is 46.5 Å². The SMILES string of the molecule is CCCCC(=COc1ccccc1)C(=O)O. The van der Waals surface area contributed by atoms with Crippen LogP contribution >= 0.6 is 0 Å². The number of hydrogen-bond donors (Lipinski definition) is 1. The number of benzene rings is 1. The Morgan fingerprint density at radius 2 is 2.06 bits per heavy atom. The summed E-state index contributed by atoms with van der Waals surface area (Å²) in [6, 6.07) is 9.14. The second-order valence-electron chi connectivity index (χ2n) is 3.48. The van der Waals surface area contributed by atoms with Crippen molar-refractivity contribution in [1.29, 1.82) is 0 Å². The molecule has 1 aromatic rings. The first-order valence-corrected chi connectivity index (χ1v) is 5.38. The molecule has 0 saturated carbocycles. The second-order valence-corrected chi connectivity index (χ2v) is 3.48. The summed E-state index contributed by atoms with van der Waals surface area (Å²) in [6.07, 6.45) is 3.69. The highest BCUT2D eigenvalue weighted by molar-refractivity contribution is 5.86. The molecule has 1 N–H and O–H groups in total. The number of rotatable bonds is 6. The third-order valence-corrected chi connectivity index (χ3v) is 2.15. The molecule has 0 atom stereocenters. The van der Waals surface area contributed by atoms with Gasteiger partial charge in [-0.15, -0.1) is 0 Å². The molecule has 1 rings (SSSR count). The molecule has 0 aliphatic rings. The van der Waals surface area contributed by atoms with Crippen molar-refractivity contribution < 1.29 is 14.6 Å². The van der Waals surface area contributed by atoms with Crippen molar-refractivity contribution in [2.45, 2.75) is 26.2 Å². The molecule has 86 valence electrons. The van der Waals surface area contributed by atoms with Crippen LogP contribution in [0, 0.1) is 0 Å². The molecule has 3 heteroatoms. The van der Waals surface area contributed by atoms with Gasteiger partial charge in [-0.3, -0.25) is 0 Å². The highest BCUT2D eigenvalue weighted by atomic mass is 16.5. The van der Waals surface area contributed by atoms with E-state index in [2.05, 4.69) is 0 Å². The van der Waals surface area contributed by atoms with E-state index in [1.54, 1.807) is 12.1 Å². The van der Waals surface area contributed by atoms with Crippen LogP contribution < -0.4 is 4.74 Å². The van der Waals surface area contributed by atoms with Gasteiger partial charge in [-0.1, -0.05) is 31.5 Å². The van der Waals surface area contributed by atoms with Gasteiger partial charge in [0.25, 0.3) is 0 Å². The molecule has 0 saturated heterocycles. The van der Waals surface area contributed by atoms with Gasteiger partial charge in [0.2, 0.25) is 0 Å². The monoisotopic (exact) mass is 220 g/mol. The number of para-hydroxylation sites is 1. The number of aliphatic carboxylic acids is 1. The first kappa shape index (κ1) is 12.3. The van der Waals surface area contributed by atoms with Crippen LogP contribution in [-0.4, -0.2) is 11.1 Å². The van der Waals surface area contributed by atoms with Gasteiger partial charge in [-0.25, -0.2) is 4.79 Å². The largest absolute Gasteiger partial charge is 0.478 e. The summed E-state index contributed by atoms with van der Waals surface area (Å²) in [5.41, 5.74) is 0.311. The summed E-state index contributed by atoms with van der Waals surface area (Å²) in [5.74, 6) is -0.262. The fraction of sp³-hybridized carbons (Fsp3) is 0.308. The fourth-order valence-electron chi connectivity index (χ4n) is 1.22. The van der Waals surface area contributed by atoms with E-state index in [0.717, 1.165) is 12.8 Å². The predicted molar refractivity (Wildman–Crippen MR) is 62.3 cm³/mol. The summed E-state index contributed by atoms with van der Waals surface area (Å²) in [7, 11) is 0. The van der Waals surface area contributed by atoms with Gasteiger partial charge in [0.15, 0.2) is 0 Å². The Bertz CT molecular complexity index is 355. The van der Waals surface area contributed by atoms with Crippen molar-refractivity contribution in [3.05, 3.63) is 42.2 Å². The van der Waals surface area contributed by atoms with Crippen molar-refractivity contribution in [3.63, 3.8) is 0 Å². The number of ether oxygens (including phenoxy) is 1. The second kappa shape index (κ2) is 6.67. The zero-order valence-corrected chi connectivity index (χ0v) is 9.35. The van der Waals surface area contributed by atoms with Crippen molar-refractivity contribution in [3.8, 4) is 5.75 Å². The quantitative estimate of drug-likeness (QED) is 0.591. The van der Waals surface area contributed by atoms with E-state index in [4.69, 9.17) is 9.84 Å². The number of unbranched alkanes of at least 4 members (excludes halogenated alkanes) is 1. The van der Waals surface area contributed by atoms with Gasteiger partial charge in [0.05, 0.1) is 5.57 Å². The number of hydrogen-bond acceptors (Lipinski definition) is 2. The van der Waals surface area contributed by atoms with E-state index >= 15 is 0 Å². The van der Waals surface area contributed by atoms with Crippen molar-refractivity contribution in [1.82, 2.24) is 0 Å². The van der Waals surface area contributed by atoms with E-state index in [1.165, 1.54) is 6.26 Å². The van der Waals surface area contributed by atoms with Gasteiger partial charge in [0.1, 0.15) is 12.0 Å². The Morgan fingerprint density at radius 3 is 2.62 bits per heavy atom. The molecule has 3 nitrogen and oxygen atoms in total. The average molecular weight is 220 g/mol. The molecule has 1 aromatic carbocycles. The molecule has 0 heterocycles. The molecule has 0 aliphatic carbocycles. The Balaban J connectivity index is 2.61. The molecule has 0 spiro atoms. The van der Waals surface area contributed by atoms with Crippen LogP contribution in [-0.2, 0) is 4.79 Å². The standard InChI is InChI=1S/C13H16O3/c1-2-3-7-11(13(14)15)10-16-12-8-5-4-6-9-12/h4-6,8-10H,2-3,7H2,1H3,(H,14,15). The molecular formula is C13H16O3. The van der Waals surface area contributed by atoms with Gasteiger partial charge < -0.3 is 9.84 Å². The zero-order valence-electron chi connectivity index (χ0n) is 9.35. The average Bonchev–Trinajstić information content (AvgIpc) is 2.30. The van der Waals surface area contributed by atoms with Crippen LogP contribution in [0.1, 0.15) is 26.2 Å². The Morgan fingerprint density at radius 1 is 1.38 bits per heavy atom. The van der Waals surface area contributed by atoms with E-state index in [9.17, 15) is 4.79 Å². The number of carboxylic acids is 1. The van der Waals surface area contributed by atoms with Crippen LogP contribution in [0.4, 0.5) is 0 Å². The molecule has 0 aliphatic heterocycles. The molecular weight excluding hydrogens is 204 g/mol. The summed E-state index contributed by atoms with van der Waals surface area (Å²) in [4.78, 5) is 10.9. The summed E-state index contributed by atoms with van der Waals surface area (Å²) < 4.78 is 5.28.